The average molecular weight is 383 g/mol. The fourth-order valence-corrected chi connectivity index (χ4v) is 3.25. The number of esters is 1. The van der Waals surface area contributed by atoms with Crippen molar-refractivity contribution in [1.82, 2.24) is 4.90 Å². The summed E-state index contributed by atoms with van der Waals surface area (Å²) in [5.41, 5.74) is 0.823. The number of hydrogen-bond acceptors (Lipinski definition) is 5. The van der Waals surface area contributed by atoms with Crippen LogP contribution in [0, 0.1) is 5.92 Å². The predicted octanol–water partition coefficient (Wildman–Crippen LogP) is 3.30. The summed E-state index contributed by atoms with van der Waals surface area (Å²) in [4.78, 5) is 24.6. The van der Waals surface area contributed by atoms with Gasteiger partial charge in [-0.3, -0.25) is 9.59 Å². The zero-order valence-electron chi connectivity index (χ0n) is 15.3. The van der Waals surface area contributed by atoms with Crippen molar-refractivity contribution in [2.75, 3.05) is 13.2 Å². The van der Waals surface area contributed by atoms with Crippen LogP contribution in [0.1, 0.15) is 44.6 Å². The second-order valence-corrected chi connectivity index (χ2v) is 7.01. The summed E-state index contributed by atoms with van der Waals surface area (Å²) in [7, 11) is 0. The zero-order chi connectivity index (χ0) is 19.6. The van der Waals surface area contributed by atoms with Crippen molar-refractivity contribution in [2.24, 2.45) is 5.92 Å². The lowest BCUT2D eigenvalue weighted by Crippen LogP contribution is -2.36. The van der Waals surface area contributed by atoms with E-state index in [0.717, 1.165) is 18.4 Å². The molecule has 8 heteroatoms. The maximum Gasteiger partial charge on any atom is 0.387 e. The van der Waals surface area contributed by atoms with Crippen molar-refractivity contribution in [2.45, 2.75) is 51.9 Å². The molecule has 1 aromatic carbocycles. The van der Waals surface area contributed by atoms with Gasteiger partial charge in [-0.15, -0.1) is 0 Å². The van der Waals surface area contributed by atoms with Crippen LogP contribution in [-0.4, -0.2) is 42.8 Å². The molecule has 1 unspecified atom stereocenters. The van der Waals surface area contributed by atoms with E-state index in [9.17, 15) is 18.4 Å². The van der Waals surface area contributed by atoms with E-state index in [1.807, 2.05) is 0 Å². The van der Waals surface area contributed by atoms with Gasteiger partial charge in [-0.1, -0.05) is 6.07 Å². The molecule has 0 N–H and O–H groups in total. The molecule has 1 aromatic rings. The first kappa shape index (κ1) is 19.4. The maximum absolute atomic E-state index is 12.7. The minimum atomic E-state index is -2.94. The standard InChI is InChI=1S/C19H23F2NO5/c1-11(23)22-9-15(8-18(22)26-12(2)24)14-5-6-16(27-19(20)21)17(7-14)25-10-13-3-4-13/h5-7,13,15,18-19H,3-4,8-10H2,1-2H3/t15?,18-/m0/s1. The molecule has 2 atom stereocenters. The van der Waals surface area contributed by atoms with Gasteiger partial charge in [-0.25, -0.2) is 0 Å². The molecule has 1 heterocycles. The first-order valence-corrected chi connectivity index (χ1v) is 8.99. The molecule has 1 aliphatic carbocycles. The highest BCUT2D eigenvalue weighted by Crippen LogP contribution is 2.39. The molecule has 0 spiro atoms. The number of nitrogens with zero attached hydrogens (tertiary/aromatic N) is 1. The molecule has 0 bridgehead atoms. The van der Waals surface area contributed by atoms with E-state index < -0.39 is 18.8 Å². The lowest BCUT2D eigenvalue weighted by atomic mass is 9.97. The number of hydrogen-bond donors (Lipinski definition) is 0. The molecule has 1 saturated carbocycles. The highest BCUT2D eigenvalue weighted by molar-refractivity contribution is 5.74. The Hall–Kier alpha value is -2.38. The highest BCUT2D eigenvalue weighted by atomic mass is 19.3. The number of carbonyl (C=O) groups is 2. The van der Waals surface area contributed by atoms with Gasteiger partial charge in [0.05, 0.1) is 6.61 Å². The van der Waals surface area contributed by atoms with Gasteiger partial charge in [0, 0.05) is 32.7 Å². The van der Waals surface area contributed by atoms with Gasteiger partial charge in [0.1, 0.15) is 0 Å². The molecule has 2 aliphatic rings. The third-order valence-corrected chi connectivity index (χ3v) is 4.78. The quantitative estimate of drug-likeness (QED) is 0.676. The van der Waals surface area contributed by atoms with Gasteiger partial charge >= 0.3 is 12.6 Å². The van der Waals surface area contributed by atoms with Gasteiger partial charge in [-0.05, 0) is 36.5 Å². The lowest BCUT2D eigenvalue weighted by Gasteiger charge is -2.22. The average Bonchev–Trinajstić information content (AvgIpc) is 3.32. The van der Waals surface area contributed by atoms with E-state index in [0.29, 0.717) is 25.5 Å². The van der Waals surface area contributed by atoms with Crippen LogP contribution in [0.3, 0.4) is 0 Å². The Labute approximate surface area is 156 Å². The SMILES string of the molecule is CC(=O)O[C@H]1CC(c2ccc(OC(F)F)c(OCC3CC3)c2)CN1C(C)=O. The third-order valence-electron chi connectivity index (χ3n) is 4.78. The van der Waals surface area contributed by atoms with Crippen LogP contribution in [0.4, 0.5) is 8.78 Å². The number of halogens is 2. The molecule has 1 aliphatic heterocycles. The van der Waals surface area contributed by atoms with Gasteiger partial charge < -0.3 is 19.1 Å². The fourth-order valence-electron chi connectivity index (χ4n) is 3.25. The lowest BCUT2D eigenvalue weighted by molar-refractivity contribution is -0.158. The summed E-state index contributed by atoms with van der Waals surface area (Å²) < 4.78 is 40.8. The van der Waals surface area contributed by atoms with Crippen LogP contribution in [0.5, 0.6) is 11.5 Å². The molecule has 2 fully saturated rings. The number of likely N-dealkylation sites (tertiary alicyclic amines) is 1. The second kappa shape index (κ2) is 8.10. The molecule has 27 heavy (non-hydrogen) atoms. The summed E-state index contributed by atoms with van der Waals surface area (Å²) in [6.07, 6.45) is 1.96. The summed E-state index contributed by atoms with van der Waals surface area (Å²) in [6, 6.07) is 4.82. The summed E-state index contributed by atoms with van der Waals surface area (Å²) >= 11 is 0. The number of amides is 1. The van der Waals surface area contributed by atoms with Crippen molar-refractivity contribution in [3.63, 3.8) is 0 Å². The van der Waals surface area contributed by atoms with Crippen molar-refractivity contribution in [3.05, 3.63) is 23.8 Å². The molecule has 6 nitrogen and oxygen atoms in total. The Bertz CT molecular complexity index is 707. The van der Waals surface area contributed by atoms with E-state index >= 15 is 0 Å². The van der Waals surface area contributed by atoms with Gasteiger partial charge in [0.2, 0.25) is 5.91 Å². The van der Waals surface area contributed by atoms with Crippen molar-refractivity contribution >= 4 is 11.9 Å². The first-order chi connectivity index (χ1) is 12.8. The minimum absolute atomic E-state index is 0.00708. The topological polar surface area (TPSA) is 65.1 Å². The van der Waals surface area contributed by atoms with Crippen LogP contribution in [0.2, 0.25) is 0 Å². The summed E-state index contributed by atoms with van der Waals surface area (Å²) in [5, 5.41) is 0. The normalized spacial score (nSPS) is 22.0. The van der Waals surface area contributed by atoms with Crippen LogP contribution >= 0.6 is 0 Å². The van der Waals surface area contributed by atoms with E-state index in [1.54, 1.807) is 12.1 Å². The Balaban J connectivity index is 1.79. The molecular formula is C19H23F2NO5. The molecular weight excluding hydrogens is 360 g/mol. The molecule has 148 valence electrons. The third kappa shape index (κ3) is 5.08. The Morgan fingerprint density at radius 2 is 1.96 bits per heavy atom. The highest BCUT2D eigenvalue weighted by Gasteiger charge is 2.37. The largest absolute Gasteiger partial charge is 0.489 e. The minimum Gasteiger partial charge on any atom is -0.489 e. The Morgan fingerprint density at radius 3 is 2.56 bits per heavy atom. The van der Waals surface area contributed by atoms with Crippen molar-refractivity contribution in [1.29, 1.82) is 0 Å². The van der Waals surface area contributed by atoms with Crippen molar-refractivity contribution in [3.8, 4) is 11.5 Å². The molecule has 1 amide bonds. The van der Waals surface area contributed by atoms with E-state index in [-0.39, 0.29) is 23.3 Å². The number of benzene rings is 1. The van der Waals surface area contributed by atoms with Gasteiger partial charge in [0.25, 0.3) is 0 Å². The number of rotatable bonds is 7. The van der Waals surface area contributed by atoms with Crippen LogP contribution < -0.4 is 9.47 Å². The number of alkyl halides is 2. The number of ether oxygens (including phenoxy) is 3. The van der Waals surface area contributed by atoms with E-state index in [1.165, 1.54) is 24.8 Å². The molecule has 0 aromatic heterocycles. The zero-order valence-corrected chi connectivity index (χ0v) is 15.3. The Kier molecular flexibility index (Phi) is 5.82. The molecule has 0 radical (unpaired) electrons. The van der Waals surface area contributed by atoms with Crippen LogP contribution in [0.25, 0.3) is 0 Å². The summed E-state index contributed by atoms with van der Waals surface area (Å²) in [6.45, 7) is 0.620. The Morgan fingerprint density at radius 1 is 1.22 bits per heavy atom. The van der Waals surface area contributed by atoms with Gasteiger partial charge in [-0.2, -0.15) is 8.78 Å². The second-order valence-electron chi connectivity index (χ2n) is 7.01. The molecule has 1 saturated heterocycles. The smallest absolute Gasteiger partial charge is 0.387 e. The summed E-state index contributed by atoms with van der Waals surface area (Å²) in [5.74, 6) is -0.0202. The molecule has 3 rings (SSSR count). The van der Waals surface area contributed by atoms with Crippen LogP contribution in [-0.2, 0) is 14.3 Å². The fraction of sp³-hybridized carbons (Fsp3) is 0.579. The van der Waals surface area contributed by atoms with Crippen molar-refractivity contribution < 1.29 is 32.6 Å². The van der Waals surface area contributed by atoms with Crippen LogP contribution in [0.15, 0.2) is 18.2 Å². The van der Waals surface area contributed by atoms with E-state index in [2.05, 4.69) is 4.74 Å². The monoisotopic (exact) mass is 383 g/mol. The number of carbonyl (C=O) groups excluding carboxylic acids is 2. The van der Waals surface area contributed by atoms with Gasteiger partial charge in [0.15, 0.2) is 17.7 Å². The first-order valence-electron chi connectivity index (χ1n) is 8.99. The van der Waals surface area contributed by atoms with E-state index in [4.69, 9.17) is 9.47 Å². The predicted molar refractivity (Wildman–Crippen MR) is 91.6 cm³/mol. The maximum atomic E-state index is 12.7.